The molecule has 0 heterocycles. The fourth-order valence-corrected chi connectivity index (χ4v) is 1.79. The number of rotatable bonds is 6. The van der Waals surface area contributed by atoms with Gasteiger partial charge in [0.1, 0.15) is 0 Å². The highest BCUT2D eigenvalue weighted by Gasteiger charge is 2.17. The zero-order valence-electron chi connectivity index (χ0n) is 10.3. The van der Waals surface area contributed by atoms with E-state index in [1.807, 2.05) is 0 Å². The Morgan fingerprint density at radius 2 is 2.11 bits per heavy atom. The average molecular weight is 274 g/mol. The summed E-state index contributed by atoms with van der Waals surface area (Å²) in [5.41, 5.74) is -0.00726. The minimum Gasteiger partial charge on any atom is -0.396 e. The minimum atomic E-state index is -0.675. The zero-order valence-corrected chi connectivity index (χ0v) is 11.1. The van der Waals surface area contributed by atoms with Crippen LogP contribution in [0.25, 0.3) is 0 Å². The van der Waals surface area contributed by atoms with Gasteiger partial charge < -0.3 is 10.0 Å². The van der Waals surface area contributed by atoms with E-state index in [1.54, 1.807) is 13.1 Å². The van der Waals surface area contributed by atoms with Gasteiger partial charge in [0.2, 0.25) is 0 Å². The molecular weight excluding hydrogens is 257 g/mol. The van der Waals surface area contributed by atoms with Crippen LogP contribution in [0.4, 0.5) is 4.39 Å². The summed E-state index contributed by atoms with van der Waals surface area (Å²) >= 11 is 5.63. The molecule has 0 aromatic heterocycles. The van der Waals surface area contributed by atoms with E-state index in [0.717, 1.165) is 12.8 Å². The van der Waals surface area contributed by atoms with Gasteiger partial charge in [-0.05, 0) is 31.4 Å². The number of hydrogen-bond donors (Lipinski definition) is 1. The molecular formula is C13H17ClFNO2. The van der Waals surface area contributed by atoms with Gasteiger partial charge in [-0.3, -0.25) is 4.79 Å². The van der Waals surface area contributed by atoms with E-state index in [0.29, 0.717) is 13.0 Å². The highest BCUT2D eigenvalue weighted by molar-refractivity contribution is 6.31. The number of carbonyl (C=O) groups is 1. The van der Waals surface area contributed by atoms with Gasteiger partial charge in [-0.1, -0.05) is 17.7 Å². The second-order valence-electron chi connectivity index (χ2n) is 4.11. The molecule has 0 unspecified atom stereocenters. The van der Waals surface area contributed by atoms with Crippen molar-refractivity contribution in [2.45, 2.75) is 19.3 Å². The van der Waals surface area contributed by atoms with E-state index >= 15 is 0 Å². The van der Waals surface area contributed by atoms with E-state index in [-0.39, 0.29) is 23.1 Å². The summed E-state index contributed by atoms with van der Waals surface area (Å²) in [6.45, 7) is 0.686. The van der Waals surface area contributed by atoms with Gasteiger partial charge in [-0.15, -0.1) is 0 Å². The van der Waals surface area contributed by atoms with Crippen molar-refractivity contribution >= 4 is 17.5 Å². The number of aliphatic hydroxyl groups excluding tert-OH is 1. The Balaban J connectivity index is 2.60. The molecule has 5 heteroatoms. The molecule has 0 aliphatic rings. The third-order valence-electron chi connectivity index (χ3n) is 2.68. The number of carbonyl (C=O) groups excluding carboxylic acids is 1. The molecule has 0 spiro atoms. The average Bonchev–Trinajstić information content (AvgIpc) is 2.37. The summed E-state index contributed by atoms with van der Waals surface area (Å²) in [5, 5.41) is 8.59. The second-order valence-corrected chi connectivity index (χ2v) is 4.52. The molecule has 0 atom stereocenters. The molecule has 0 saturated heterocycles. The smallest absolute Gasteiger partial charge is 0.256 e. The lowest BCUT2D eigenvalue weighted by atomic mass is 10.1. The predicted molar refractivity (Wildman–Crippen MR) is 69.3 cm³/mol. The van der Waals surface area contributed by atoms with Crippen molar-refractivity contribution < 1.29 is 14.3 Å². The number of aliphatic hydroxyl groups is 1. The van der Waals surface area contributed by atoms with E-state index in [1.165, 1.54) is 17.0 Å². The Labute approximate surface area is 111 Å². The number of benzene rings is 1. The zero-order chi connectivity index (χ0) is 13.5. The molecule has 0 saturated carbocycles. The third kappa shape index (κ3) is 3.96. The molecule has 1 amide bonds. The third-order valence-corrected chi connectivity index (χ3v) is 2.97. The van der Waals surface area contributed by atoms with Crippen LogP contribution >= 0.6 is 11.6 Å². The van der Waals surface area contributed by atoms with Crippen molar-refractivity contribution in [1.29, 1.82) is 0 Å². The summed E-state index contributed by atoms with van der Waals surface area (Å²) in [7, 11) is 1.63. The first-order chi connectivity index (χ1) is 8.57. The quantitative estimate of drug-likeness (QED) is 0.810. The maximum absolute atomic E-state index is 13.6. The standard InChI is InChI=1S/C13H17ClFNO2/c1-16(8-3-2-4-9-17)13(18)10-6-5-7-11(14)12(10)15/h5-7,17H,2-4,8-9H2,1H3. The Morgan fingerprint density at radius 1 is 1.39 bits per heavy atom. The lowest BCUT2D eigenvalue weighted by molar-refractivity contribution is 0.0787. The van der Waals surface area contributed by atoms with Gasteiger partial charge in [-0.25, -0.2) is 4.39 Å². The molecule has 18 heavy (non-hydrogen) atoms. The summed E-state index contributed by atoms with van der Waals surface area (Å²) in [4.78, 5) is 13.4. The first-order valence-corrected chi connectivity index (χ1v) is 6.26. The molecule has 0 aliphatic carbocycles. The number of amides is 1. The van der Waals surface area contributed by atoms with Crippen molar-refractivity contribution in [1.82, 2.24) is 4.90 Å². The van der Waals surface area contributed by atoms with Gasteiger partial charge in [-0.2, -0.15) is 0 Å². The Kier molecular flexibility index (Phi) is 6.09. The van der Waals surface area contributed by atoms with Crippen LogP contribution in [0.3, 0.4) is 0 Å². The molecule has 1 aromatic rings. The lowest BCUT2D eigenvalue weighted by Crippen LogP contribution is -2.28. The summed E-state index contributed by atoms with van der Waals surface area (Å²) in [6, 6.07) is 4.39. The van der Waals surface area contributed by atoms with Crippen LogP contribution in [0.2, 0.25) is 5.02 Å². The Hall–Kier alpha value is -1.13. The fourth-order valence-electron chi connectivity index (χ4n) is 1.61. The minimum absolute atomic E-state index is 0.00726. The summed E-state index contributed by atoms with van der Waals surface area (Å²) in [5.74, 6) is -1.05. The molecule has 0 fully saturated rings. The van der Waals surface area contributed by atoms with Gasteiger partial charge in [0.25, 0.3) is 5.91 Å². The molecule has 0 radical (unpaired) electrons. The topological polar surface area (TPSA) is 40.5 Å². The Bertz CT molecular complexity index is 412. The van der Waals surface area contributed by atoms with Crippen molar-refractivity contribution in [2.24, 2.45) is 0 Å². The van der Waals surface area contributed by atoms with Crippen LogP contribution in [0.5, 0.6) is 0 Å². The van der Waals surface area contributed by atoms with Gasteiger partial charge in [0.15, 0.2) is 5.82 Å². The SMILES string of the molecule is CN(CCCCCO)C(=O)c1cccc(Cl)c1F. The van der Waals surface area contributed by atoms with Crippen molar-refractivity contribution in [2.75, 3.05) is 20.2 Å². The van der Waals surface area contributed by atoms with Gasteiger partial charge in [0.05, 0.1) is 10.6 Å². The number of nitrogens with zero attached hydrogens (tertiary/aromatic N) is 1. The number of unbranched alkanes of at least 4 members (excludes halogenated alkanes) is 2. The summed E-state index contributed by atoms with van der Waals surface area (Å²) in [6.07, 6.45) is 2.34. The highest BCUT2D eigenvalue weighted by Crippen LogP contribution is 2.19. The number of hydrogen-bond acceptors (Lipinski definition) is 2. The number of halogens is 2. The predicted octanol–water partition coefficient (Wildman–Crippen LogP) is 2.71. The van der Waals surface area contributed by atoms with Gasteiger partial charge >= 0.3 is 0 Å². The Morgan fingerprint density at radius 3 is 2.78 bits per heavy atom. The van der Waals surface area contributed by atoms with Crippen LogP contribution in [-0.4, -0.2) is 36.1 Å². The maximum Gasteiger partial charge on any atom is 0.256 e. The normalized spacial score (nSPS) is 10.4. The maximum atomic E-state index is 13.6. The van der Waals surface area contributed by atoms with Crippen molar-refractivity contribution in [3.63, 3.8) is 0 Å². The van der Waals surface area contributed by atoms with E-state index < -0.39 is 5.82 Å². The molecule has 1 N–H and O–H groups in total. The van der Waals surface area contributed by atoms with Crippen LogP contribution in [-0.2, 0) is 0 Å². The molecule has 0 aliphatic heterocycles. The molecule has 1 aromatic carbocycles. The molecule has 1 rings (SSSR count). The van der Waals surface area contributed by atoms with E-state index in [4.69, 9.17) is 16.7 Å². The van der Waals surface area contributed by atoms with Crippen molar-refractivity contribution in [3.8, 4) is 0 Å². The van der Waals surface area contributed by atoms with Crippen LogP contribution in [0.1, 0.15) is 29.6 Å². The second kappa shape index (κ2) is 7.34. The lowest BCUT2D eigenvalue weighted by Gasteiger charge is -2.17. The van der Waals surface area contributed by atoms with Crippen LogP contribution < -0.4 is 0 Å². The van der Waals surface area contributed by atoms with Gasteiger partial charge in [0, 0.05) is 20.2 Å². The fraction of sp³-hybridized carbons (Fsp3) is 0.462. The van der Waals surface area contributed by atoms with Crippen molar-refractivity contribution in [3.05, 3.63) is 34.6 Å². The molecule has 100 valence electrons. The van der Waals surface area contributed by atoms with E-state index in [9.17, 15) is 9.18 Å². The van der Waals surface area contributed by atoms with Crippen LogP contribution in [0.15, 0.2) is 18.2 Å². The molecule has 3 nitrogen and oxygen atoms in total. The van der Waals surface area contributed by atoms with E-state index in [2.05, 4.69) is 0 Å². The van der Waals surface area contributed by atoms with Crippen LogP contribution in [0, 0.1) is 5.82 Å². The first-order valence-electron chi connectivity index (χ1n) is 5.88. The molecule has 0 bridgehead atoms. The highest BCUT2D eigenvalue weighted by atomic mass is 35.5. The summed E-state index contributed by atoms with van der Waals surface area (Å²) < 4.78 is 13.6. The largest absolute Gasteiger partial charge is 0.396 e. The monoisotopic (exact) mass is 273 g/mol. The first kappa shape index (κ1) is 14.9.